The van der Waals surface area contributed by atoms with E-state index in [1.807, 2.05) is 19.9 Å². The lowest BCUT2D eigenvalue weighted by Gasteiger charge is -2.57. The van der Waals surface area contributed by atoms with E-state index in [0.29, 0.717) is 5.41 Å². The van der Waals surface area contributed by atoms with Crippen LogP contribution in [0.15, 0.2) is 35.9 Å². The van der Waals surface area contributed by atoms with Crippen LogP contribution in [0.1, 0.15) is 61.0 Å². The lowest BCUT2D eigenvalue weighted by atomic mass is 9.48. The summed E-state index contributed by atoms with van der Waals surface area (Å²) in [6.45, 7) is 4.00. The lowest BCUT2D eigenvalue weighted by Crippen LogP contribution is -2.51. The van der Waals surface area contributed by atoms with Crippen molar-refractivity contribution in [1.29, 1.82) is 0 Å². The maximum atomic E-state index is 12.1. The number of nitrogens with zero attached hydrogens (tertiary/aromatic N) is 1. The minimum absolute atomic E-state index is 0.0629. The molecule has 4 amide bonds. The number of benzene rings is 1. The number of carbonyl (C=O) groups is 3. The summed E-state index contributed by atoms with van der Waals surface area (Å²) in [6.07, 6.45) is 9.95. The third-order valence-electron chi connectivity index (χ3n) is 8.49. The van der Waals surface area contributed by atoms with E-state index < -0.39 is 17.8 Å². The van der Waals surface area contributed by atoms with Gasteiger partial charge < -0.3 is 4.57 Å². The van der Waals surface area contributed by atoms with Gasteiger partial charge in [-0.25, -0.2) is 4.79 Å². The van der Waals surface area contributed by atoms with E-state index >= 15 is 0 Å². The van der Waals surface area contributed by atoms with Gasteiger partial charge in [0.05, 0.1) is 0 Å². The van der Waals surface area contributed by atoms with Gasteiger partial charge in [-0.05, 0) is 111 Å². The van der Waals surface area contributed by atoms with Crippen molar-refractivity contribution in [2.75, 3.05) is 0 Å². The molecular weight excluding hydrogens is 414 g/mol. The molecule has 170 valence electrons. The summed E-state index contributed by atoms with van der Waals surface area (Å²) in [6, 6.07) is 10.3. The Morgan fingerprint density at radius 3 is 1.97 bits per heavy atom. The fourth-order valence-corrected chi connectivity index (χ4v) is 7.52. The average molecular weight is 444 g/mol. The average Bonchev–Trinajstić information content (AvgIpc) is 3.03. The van der Waals surface area contributed by atoms with E-state index in [1.54, 1.807) is 6.08 Å². The van der Waals surface area contributed by atoms with Crippen LogP contribution in [-0.2, 0) is 15.0 Å². The number of amides is 4. The second-order valence-corrected chi connectivity index (χ2v) is 10.7. The van der Waals surface area contributed by atoms with Gasteiger partial charge in [0, 0.05) is 17.1 Å². The fraction of sp³-hybridized carbons (Fsp3) is 0.444. The van der Waals surface area contributed by atoms with Crippen LogP contribution in [0.25, 0.3) is 11.8 Å². The number of aryl methyl sites for hydroxylation is 1. The molecule has 0 atom stereocenters. The Morgan fingerprint density at radius 2 is 1.42 bits per heavy atom. The number of hydrogen-bond acceptors (Lipinski definition) is 3. The van der Waals surface area contributed by atoms with E-state index in [-0.39, 0.29) is 5.57 Å². The van der Waals surface area contributed by atoms with Crippen molar-refractivity contribution in [1.82, 2.24) is 15.2 Å². The first kappa shape index (κ1) is 20.5. The second kappa shape index (κ2) is 7.17. The normalized spacial score (nSPS) is 30.4. The molecule has 5 aliphatic rings. The largest absolute Gasteiger partial charge is 0.328 e. The molecule has 2 N–H and O–H groups in total. The molecule has 0 spiro atoms. The molecule has 1 aromatic carbocycles. The zero-order chi connectivity index (χ0) is 22.9. The van der Waals surface area contributed by atoms with Crippen molar-refractivity contribution in [2.24, 2.45) is 17.8 Å². The highest BCUT2D eigenvalue weighted by atomic mass is 16.2. The number of hydrogen-bond donors (Lipinski definition) is 2. The van der Waals surface area contributed by atoms with Crippen molar-refractivity contribution in [3.8, 4) is 5.69 Å². The summed E-state index contributed by atoms with van der Waals surface area (Å²) >= 11 is 0. The van der Waals surface area contributed by atoms with Gasteiger partial charge in [0.1, 0.15) is 5.57 Å². The van der Waals surface area contributed by atoms with Crippen LogP contribution in [-0.4, -0.2) is 22.4 Å². The number of urea groups is 1. The molecule has 1 aromatic heterocycles. The third-order valence-corrected chi connectivity index (χ3v) is 8.49. The molecule has 5 fully saturated rings. The fourth-order valence-electron chi connectivity index (χ4n) is 7.52. The first-order chi connectivity index (χ1) is 15.8. The Morgan fingerprint density at radius 1 is 0.879 bits per heavy atom. The molecule has 4 aliphatic carbocycles. The van der Waals surface area contributed by atoms with Crippen LogP contribution in [0.2, 0.25) is 0 Å². The number of rotatable bonds is 3. The van der Waals surface area contributed by atoms with Crippen LogP contribution >= 0.6 is 0 Å². The Bertz CT molecular complexity index is 1160. The van der Waals surface area contributed by atoms with Gasteiger partial charge in [-0.15, -0.1) is 0 Å². The van der Waals surface area contributed by atoms with E-state index in [2.05, 4.69) is 39.5 Å². The molecular formula is C27H29N3O3. The van der Waals surface area contributed by atoms with Crippen molar-refractivity contribution in [2.45, 2.75) is 57.8 Å². The van der Waals surface area contributed by atoms with Gasteiger partial charge in [-0.2, -0.15) is 0 Å². The maximum Gasteiger partial charge on any atom is 0.328 e. The van der Waals surface area contributed by atoms with Crippen molar-refractivity contribution in [3.05, 3.63) is 58.4 Å². The summed E-state index contributed by atoms with van der Waals surface area (Å²) in [5.41, 5.74) is 5.64. The molecule has 33 heavy (non-hydrogen) atoms. The third kappa shape index (κ3) is 3.26. The van der Waals surface area contributed by atoms with Gasteiger partial charge >= 0.3 is 6.03 Å². The zero-order valence-electron chi connectivity index (χ0n) is 19.1. The Hall–Kier alpha value is -3.15. The number of nitrogens with one attached hydrogen (secondary N) is 2. The van der Waals surface area contributed by atoms with E-state index in [9.17, 15) is 14.4 Å². The Kier molecular flexibility index (Phi) is 4.45. The predicted octanol–water partition coefficient (Wildman–Crippen LogP) is 4.31. The van der Waals surface area contributed by atoms with Crippen LogP contribution in [0.5, 0.6) is 0 Å². The Labute approximate surface area is 193 Å². The minimum atomic E-state index is -0.785. The number of barbiturate groups is 1. The van der Waals surface area contributed by atoms with E-state index in [4.69, 9.17) is 0 Å². The molecule has 6 heteroatoms. The summed E-state index contributed by atoms with van der Waals surface area (Å²) in [5, 5.41) is 4.26. The highest BCUT2D eigenvalue weighted by Crippen LogP contribution is 2.60. The van der Waals surface area contributed by atoms with Gasteiger partial charge in [0.15, 0.2) is 0 Å². The van der Waals surface area contributed by atoms with Crippen molar-refractivity contribution < 1.29 is 14.4 Å². The number of imide groups is 2. The summed E-state index contributed by atoms with van der Waals surface area (Å²) in [7, 11) is 0. The highest BCUT2D eigenvalue weighted by molar-refractivity contribution is 6.31. The molecule has 2 aromatic rings. The second-order valence-electron chi connectivity index (χ2n) is 10.7. The summed E-state index contributed by atoms with van der Waals surface area (Å²) in [4.78, 5) is 35.6. The molecule has 0 radical (unpaired) electrons. The molecule has 2 heterocycles. The van der Waals surface area contributed by atoms with Crippen LogP contribution in [0.4, 0.5) is 4.79 Å². The van der Waals surface area contributed by atoms with Crippen molar-refractivity contribution >= 4 is 23.9 Å². The molecule has 1 saturated heterocycles. The molecule has 1 aliphatic heterocycles. The van der Waals surface area contributed by atoms with E-state index in [1.165, 1.54) is 44.1 Å². The molecule has 7 rings (SSSR count). The Balaban J connectivity index is 1.31. The molecule has 0 unspecified atom stereocenters. The topological polar surface area (TPSA) is 80.2 Å². The zero-order valence-corrected chi connectivity index (χ0v) is 19.1. The molecule has 4 bridgehead atoms. The van der Waals surface area contributed by atoms with Crippen LogP contribution < -0.4 is 10.6 Å². The predicted molar refractivity (Wildman–Crippen MR) is 125 cm³/mol. The van der Waals surface area contributed by atoms with Crippen molar-refractivity contribution in [3.63, 3.8) is 0 Å². The van der Waals surface area contributed by atoms with Gasteiger partial charge in [0.2, 0.25) is 0 Å². The molecule has 4 saturated carbocycles. The quantitative estimate of drug-likeness (QED) is 0.548. The SMILES string of the molecule is Cc1cc(C=C2C(=O)NC(=O)NC2=O)c(C)n1-c1ccc(C23CC4CC(CC(C4)C2)C3)cc1. The monoisotopic (exact) mass is 443 g/mol. The van der Waals surface area contributed by atoms with E-state index in [0.717, 1.165) is 40.4 Å². The van der Waals surface area contributed by atoms with Crippen LogP contribution in [0, 0.1) is 31.6 Å². The first-order valence-corrected chi connectivity index (χ1v) is 12.0. The van der Waals surface area contributed by atoms with Gasteiger partial charge in [-0.1, -0.05) is 12.1 Å². The number of carbonyl (C=O) groups excluding carboxylic acids is 3. The molecule has 6 nitrogen and oxygen atoms in total. The highest BCUT2D eigenvalue weighted by Gasteiger charge is 2.51. The summed E-state index contributed by atoms with van der Waals surface area (Å²) < 4.78 is 2.15. The lowest BCUT2D eigenvalue weighted by molar-refractivity contribution is -0.123. The maximum absolute atomic E-state index is 12.1. The first-order valence-electron chi connectivity index (χ1n) is 12.0. The minimum Gasteiger partial charge on any atom is -0.318 e. The summed E-state index contributed by atoms with van der Waals surface area (Å²) in [5.74, 6) is 1.42. The smallest absolute Gasteiger partial charge is 0.318 e. The standard InChI is InChI=1S/C27H29N3O3/c1-15-7-20(11-23-24(31)28-26(33)29-25(23)32)16(2)30(15)22-5-3-21(4-6-22)27-12-17-8-18(13-27)10-19(9-17)14-27/h3-7,11,17-19H,8-10,12-14H2,1-2H3,(H2,28,29,31,32,33). The van der Waals surface area contributed by atoms with Crippen LogP contribution in [0.3, 0.4) is 0 Å². The van der Waals surface area contributed by atoms with Gasteiger partial charge in [0.25, 0.3) is 11.8 Å². The number of aromatic nitrogens is 1. The van der Waals surface area contributed by atoms with Gasteiger partial charge in [-0.3, -0.25) is 20.2 Å².